The van der Waals surface area contributed by atoms with E-state index in [1.807, 2.05) is 6.08 Å². The van der Waals surface area contributed by atoms with Gasteiger partial charge in [0.2, 0.25) is 0 Å². The van der Waals surface area contributed by atoms with Crippen LogP contribution in [0.25, 0.3) is 0 Å². The van der Waals surface area contributed by atoms with Crippen molar-refractivity contribution in [3.8, 4) is 0 Å². The predicted molar refractivity (Wildman–Crippen MR) is 63.1 cm³/mol. The molecule has 0 aliphatic heterocycles. The Morgan fingerprint density at radius 2 is 2.12 bits per heavy atom. The number of carbonyl (C=O) groups is 2. The molecular weight excluding hydrogens is 276 g/mol. The molecule has 16 heavy (non-hydrogen) atoms. The molecule has 3 atom stereocenters. The van der Waals surface area contributed by atoms with Gasteiger partial charge in [-0.3, -0.25) is 9.59 Å². The first-order valence-corrected chi connectivity index (χ1v) is 5.64. The van der Waals surface area contributed by atoms with Crippen LogP contribution in [-0.2, 0) is 9.59 Å². The second kappa shape index (κ2) is 5.38. The molecule has 6 heteroatoms. The molecule has 0 aromatic heterocycles. The highest BCUT2D eigenvalue weighted by Gasteiger charge is 2.23. The van der Waals surface area contributed by atoms with Gasteiger partial charge in [-0.05, 0) is 0 Å². The van der Waals surface area contributed by atoms with E-state index in [-0.39, 0.29) is 17.0 Å². The number of carboxylic acids is 1. The van der Waals surface area contributed by atoms with Crippen LogP contribution in [0.15, 0.2) is 23.8 Å². The van der Waals surface area contributed by atoms with E-state index in [9.17, 15) is 9.59 Å². The van der Waals surface area contributed by atoms with Crippen LogP contribution in [0, 0.1) is 0 Å². The SMILES string of the molecule is NC1C=CC(Br)C=C1C(=O)C[C@H](N)C(=O)O. The maximum absolute atomic E-state index is 11.7. The molecule has 0 aromatic rings. The van der Waals surface area contributed by atoms with Crippen LogP contribution < -0.4 is 11.5 Å². The molecule has 2 unspecified atom stereocenters. The van der Waals surface area contributed by atoms with Crippen molar-refractivity contribution in [1.82, 2.24) is 0 Å². The number of carboxylic acid groups (broad SMARTS) is 1. The zero-order chi connectivity index (χ0) is 12.3. The number of Topliss-reactive ketones (excluding diaryl/α,β-unsaturated/α-hetero) is 1. The Kier molecular flexibility index (Phi) is 4.40. The van der Waals surface area contributed by atoms with E-state index >= 15 is 0 Å². The standard InChI is InChI=1S/C10H13BrN2O3/c11-5-1-2-7(12)6(3-5)9(14)4-8(13)10(15)16/h1-3,5,7-8H,4,12-13H2,(H,15,16)/t5?,7?,8-/m0/s1. The van der Waals surface area contributed by atoms with Gasteiger partial charge >= 0.3 is 5.97 Å². The minimum atomic E-state index is -1.19. The molecule has 1 aliphatic rings. The molecule has 0 saturated carbocycles. The molecule has 1 aliphatic carbocycles. The minimum Gasteiger partial charge on any atom is -0.480 e. The molecule has 1 rings (SSSR count). The number of hydrogen-bond donors (Lipinski definition) is 3. The Morgan fingerprint density at radius 1 is 1.50 bits per heavy atom. The van der Waals surface area contributed by atoms with Crippen molar-refractivity contribution in [1.29, 1.82) is 0 Å². The lowest BCUT2D eigenvalue weighted by molar-refractivity contribution is -0.139. The highest BCUT2D eigenvalue weighted by Crippen LogP contribution is 2.18. The normalized spacial score (nSPS) is 26.1. The van der Waals surface area contributed by atoms with Crippen LogP contribution in [0.4, 0.5) is 0 Å². The van der Waals surface area contributed by atoms with Crippen LogP contribution in [0.3, 0.4) is 0 Å². The van der Waals surface area contributed by atoms with E-state index in [2.05, 4.69) is 15.9 Å². The smallest absolute Gasteiger partial charge is 0.320 e. The molecule has 88 valence electrons. The second-order valence-corrected chi connectivity index (χ2v) is 4.61. The third kappa shape index (κ3) is 3.26. The third-order valence-electron chi connectivity index (χ3n) is 2.24. The highest BCUT2D eigenvalue weighted by atomic mass is 79.9. The first-order valence-electron chi connectivity index (χ1n) is 4.73. The van der Waals surface area contributed by atoms with Gasteiger partial charge in [0.15, 0.2) is 5.78 Å². The van der Waals surface area contributed by atoms with Crippen molar-refractivity contribution in [2.45, 2.75) is 23.3 Å². The largest absolute Gasteiger partial charge is 0.480 e. The van der Waals surface area contributed by atoms with Crippen LogP contribution in [0.2, 0.25) is 0 Å². The van der Waals surface area contributed by atoms with Crippen LogP contribution >= 0.6 is 15.9 Å². The molecule has 0 spiro atoms. The number of alkyl halides is 1. The summed E-state index contributed by atoms with van der Waals surface area (Å²) in [6, 6.07) is -1.66. The van der Waals surface area contributed by atoms with Gasteiger partial charge in [0.25, 0.3) is 0 Å². The average Bonchev–Trinajstić information content (AvgIpc) is 2.21. The average molecular weight is 289 g/mol. The van der Waals surface area contributed by atoms with Crippen molar-refractivity contribution in [3.63, 3.8) is 0 Å². The van der Waals surface area contributed by atoms with Gasteiger partial charge in [0, 0.05) is 12.0 Å². The lowest BCUT2D eigenvalue weighted by Crippen LogP contribution is -2.36. The Balaban J connectivity index is 2.70. The quantitative estimate of drug-likeness (QED) is 0.496. The van der Waals surface area contributed by atoms with E-state index < -0.39 is 18.1 Å². The predicted octanol–water partition coefficient (Wildman–Crippen LogP) is -0.0555. The van der Waals surface area contributed by atoms with Crippen molar-refractivity contribution in [2.75, 3.05) is 0 Å². The Hall–Kier alpha value is -0.980. The van der Waals surface area contributed by atoms with Crippen LogP contribution in [0.1, 0.15) is 6.42 Å². The summed E-state index contributed by atoms with van der Waals surface area (Å²) in [5.41, 5.74) is 11.4. The van der Waals surface area contributed by atoms with Crippen LogP contribution in [0.5, 0.6) is 0 Å². The van der Waals surface area contributed by atoms with Crippen LogP contribution in [-0.4, -0.2) is 33.8 Å². The monoisotopic (exact) mass is 288 g/mol. The summed E-state index contributed by atoms with van der Waals surface area (Å²) in [4.78, 5) is 22.2. The van der Waals surface area contributed by atoms with E-state index in [1.54, 1.807) is 12.2 Å². The number of hydrogen-bond acceptors (Lipinski definition) is 4. The number of carbonyl (C=O) groups excluding carboxylic acids is 1. The van der Waals surface area contributed by atoms with Gasteiger partial charge in [-0.25, -0.2) is 0 Å². The van der Waals surface area contributed by atoms with Gasteiger partial charge in [-0.1, -0.05) is 34.2 Å². The zero-order valence-corrected chi connectivity index (χ0v) is 10.1. The van der Waals surface area contributed by atoms with Gasteiger partial charge in [0.05, 0.1) is 10.9 Å². The number of aliphatic carboxylic acids is 1. The topological polar surface area (TPSA) is 106 Å². The van der Waals surface area contributed by atoms with Gasteiger partial charge < -0.3 is 16.6 Å². The maximum atomic E-state index is 11.7. The molecule has 0 bridgehead atoms. The number of halogens is 1. The van der Waals surface area contributed by atoms with E-state index in [1.165, 1.54) is 0 Å². The summed E-state index contributed by atoms with van der Waals surface area (Å²) in [6.45, 7) is 0. The van der Waals surface area contributed by atoms with Gasteiger partial charge in [-0.2, -0.15) is 0 Å². The summed E-state index contributed by atoms with van der Waals surface area (Å²) in [6.07, 6.45) is 4.95. The number of allylic oxidation sites excluding steroid dienone is 2. The summed E-state index contributed by atoms with van der Waals surface area (Å²) in [7, 11) is 0. The zero-order valence-electron chi connectivity index (χ0n) is 8.47. The molecule has 5 nitrogen and oxygen atoms in total. The maximum Gasteiger partial charge on any atom is 0.320 e. The summed E-state index contributed by atoms with van der Waals surface area (Å²) in [5, 5.41) is 8.60. The fourth-order valence-electron chi connectivity index (χ4n) is 1.35. The minimum absolute atomic E-state index is 0.0488. The van der Waals surface area contributed by atoms with E-state index in [4.69, 9.17) is 16.6 Å². The number of ketones is 1. The molecule has 0 saturated heterocycles. The van der Waals surface area contributed by atoms with Crippen molar-refractivity contribution < 1.29 is 14.7 Å². The number of nitrogens with two attached hydrogens (primary N) is 2. The Bertz CT molecular complexity index is 365. The van der Waals surface area contributed by atoms with Gasteiger partial charge in [0.1, 0.15) is 6.04 Å². The lowest BCUT2D eigenvalue weighted by atomic mass is 9.94. The first-order chi connectivity index (χ1) is 7.41. The van der Waals surface area contributed by atoms with E-state index in [0.717, 1.165) is 0 Å². The Labute approximate surface area is 101 Å². The molecule has 0 amide bonds. The molecule has 0 radical (unpaired) electrons. The molecule has 0 fully saturated rings. The highest BCUT2D eigenvalue weighted by molar-refractivity contribution is 9.09. The third-order valence-corrected chi connectivity index (χ3v) is 2.81. The lowest BCUT2D eigenvalue weighted by Gasteiger charge is -2.18. The van der Waals surface area contributed by atoms with Crippen molar-refractivity contribution in [2.24, 2.45) is 11.5 Å². The Morgan fingerprint density at radius 3 is 2.69 bits per heavy atom. The van der Waals surface area contributed by atoms with Gasteiger partial charge in [-0.15, -0.1) is 0 Å². The molecular formula is C10H13BrN2O3. The first kappa shape index (κ1) is 13.1. The summed E-state index contributed by atoms with van der Waals surface area (Å²) in [5.74, 6) is -1.51. The second-order valence-electron chi connectivity index (χ2n) is 3.55. The number of rotatable bonds is 4. The van der Waals surface area contributed by atoms with Crippen molar-refractivity contribution >= 4 is 27.7 Å². The summed E-state index contributed by atoms with van der Waals surface area (Å²) < 4.78 is 0. The van der Waals surface area contributed by atoms with Crippen molar-refractivity contribution in [3.05, 3.63) is 23.8 Å². The summed E-state index contributed by atoms with van der Waals surface area (Å²) >= 11 is 3.30. The molecule has 0 heterocycles. The fourth-order valence-corrected chi connectivity index (χ4v) is 1.81. The molecule has 0 aromatic carbocycles. The fraction of sp³-hybridized carbons (Fsp3) is 0.400. The van der Waals surface area contributed by atoms with E-state index in [0.29, 0.717) is 5.57 Å². The molecule has 5 N–H and O–H groups in total.